The van der Waals surface area contributed by atoms with Crippen molar-refractivity contribution in [3.05, 3.63) is 48.7 Å². The van der Waals surface area contributed by atoms with Crippen LogP contribution in [0.5, 0.6) is 0 Å². The molecule has 0 aliphatic heterocycles. The van der Waals surface area contributed by atoms with Crippen molar-refractivity contribution in [1.29, 1.82) is 0 Å². The number of nitrogens with zero attached hydrogens (tertiary/aromatic N) is 1. The number of para-hydroxylation sites is 1. The minimum Gasteiger partial charge on any atom is -0.283 e. The fourth-order valence-electron chi connectivity index (χ4n) is 1.52. The van der Waals surface area contributed by atoms with Crippen LogP contribution in [0.25, 0.3) is 11.3 Å². The van der Waals surface area contributed by atoms with Gasteiger partial charge in [0.05, 0.1) is 17.6 Å². The lowest BCUT2D eigenvalue weighted by Crippen LogP contribution is -2.10. The summed E-state index contributed by atoms with van der Waals surface area (Å²) >= 11 is 0. The van der Waals surface area contributed by atoms with Gasteiger partial charge in [-0.1, -0.05) is 24.3 Å². The molecule has 0 amide bonds. The molecule has 1 aromatic carbocycles. The van der Waals surface area contributed by atoms with Crippen LogP contribution in [0, 0.1) is 0 Å². The molecule has 17 heavy (non-hydrogen) atoms. The molecule has 0 atom stereocenters. The monoisotopic (exact) mass is 248 g/mol. The number of aromatic nitrogens is 1. The molecule has 0 radical (unpaired) electrons. The maximum Gasteiger partial charge on any atom is 0.229 e. The second-order valence-corrected chi connectivity index (χ2v) is 5.38. The van der Waals surface area contributed by atoms with Crippen molar-refractivity contribution in [3.63, 3.8) is 0 Å². The van der Waals surface area contributed by atoms with Crippen molar-refractivity contribution < 1.29 is 8.42 Å². The van der Waals surface area contributed by atoms with E-state index in [2.05, 4.69) is 9.71 Å². The first kappa shape index (κ1) is 11.6. The van der Waals surface area contributed by atoms with Crippen LogP contribution in [0.1, 0.15) is 0 Å². The normalized spacial score (nSPS) is 11.1. The van der Waals surface area contributed by atoms with Crippen LogP contribution in [-0.2, 0) is 10.0 Å². The number of hydrogen-bond donors (Lipinski definition) is 1. The van der Waals surface area contributed by atoms with E-state index >= 15 is 0 Å². The molecule has 88 valence electrons. The molecule has 4 nitrogen and oxygen atoms in total. The van der Waals surface area contributed by atoms with Gasteiger partial charge in [-0.05, 0) is 18.2 Å². The zero-order chi connectivity index (χ0) is 12.3. The van der Waals surface area contributed by atoms with Crippen molar-refractivity contribution in [1.82, 2.24) is 4.98 Å². The number of pyridine rings is 1. The van der Waals surface area contributed by atoms with Crippen molar-refractivity contribution >= 4 is 15.7 Å². The fourth-order valence-corrected chi connectivity index (χ4v) is 2.09. The Kier molecular flexibility index (Phi) is 3.10. The standard InChI is InChI=1S/C12H12N2O2S/c1-17(15,16)14-12-8-3-2-6-10(12)11-7-4-5-9-13-11/h2-9,14H,1H3. The number of anilines is 1. The molecule has 0 saturated heterocycles. The van der Waals surface area contributed by atoms with Crippen LogP contribution >= 0.6 is 0 Å². The van der Waals surface area contributed by atoms with Gasteiger partial charge in [-0.25, -0.2) is 8.42 Å². The molecule has 0 spiro atoms. The second-order valence-electron chi connectivity index (χ2n) is 3.63. The van der Waals surface area contributed by atoms with Gasteiger partial charge in [0.2, 0.25) is 10.0 Å². The summed E-state index contributed by atoms with van der Waals surface area (Å²) in [5.74, 6) is 0. The quantitative estimate of drug-likeness (QED) is 0.905. The Balaban J connectivity index is 2.49. The summed E-state index contributed by atoms with van der Waals surface area (Å²) in [5.41, 5.74) is 2.03. The van der Waals surface area contributed by atoms with E-state index in [0.29, 0.717) is 5.69 Å². The van der Waals surface area contributed by atoms with E-state index in [0.717, 1.165) is 17.5 Å². The molecule has 1 N–H and O–H groups in total. The van der Waals surface area contributed by atoms with E-state index in [4.69, 9.17) is 0 Å². The van der Waals surface area contributed by atoms with Gasteiger partial charge in [-0.2, -0.15) is 0 Å². The molecule has 1 aromatic heterocycles. The van der Waals surface area contributed by atoms with E-state index < -0.39 is 10.0 Å². The second kappa shape index (κ2) is 4.55. The molecule has 0 aliphatic carbocycles. The Labute approximate surface area is 100 Å². The van der Waals surface area contributed by atoms with Gasteiger partial charge in [-0.15, -0.1) is 0 Å². The maximum absolute atomic E-state index is 11.3. The molecule has 2 aromatic rings. The Morgan fingerprint density at radius 1 is 1.06 bits per heavy atom. The molecule has 2 rings (SSSR count). The van der Waals surface area contributed by atoms with Crippen molar-refractivity contribution in [2.24, 2.45) is 0 Å². The van der Waals surface area contributed by atoms with E-state index in [-0.39, 0.29) is 0 Å². The molecule has 0 aliphatic rings. The minimum atomic E-state index is -3.29. The van der Waals surface area contributed by atoms with Crippen molar-refractivity contribution in [2.45, 2.75) is 0 Å². The summed E-state index contributed by atoms with van der Waals surface area (Å²) in [6, 6.07) is 12.7. The van der Waals surface area contributed by atoms with Crippen LogP contribution in [0.4, 0.5) is 5.69 Å². The summed E-state index contributed by atoms with van der Waals surface area (Å²) in [6.07, 6.45) is 2.80. The highest BCUT2D eigenvalue weighted by molar-refractivity contribution is 7.92. The van der Waals surface area contributed by atoms with Crippen molar-refractivity contribution in [2.75, 3.05) is 11.0 Å². The number of hydrogen-bond acceptors (Lipinski definition) is 3. The SMILES string of the molecule is CS(=O)(=O)Nc1ccccc1-c1ccccn1. The highest BCUT2D eigenvalue weighted by Crippen LogP contribution is 2.26. The topological polar surface area (TPSA) is 59.1 Å². The first-order chi connectivity index (χ1) is 8.06. The van der Waals surface area contributed by atoms with Gasteiger partial charge < -0.3 is 0 Å². The average molecular weight is 248 g/mol. The minimum absolute atomic E-state index is 0.536. The number of sulfonamides is 1. The average Bonchev–Trinajstić information content (AvgIpc) is 2.29. The first-order valence-corrected chi connectivity index (χ1v) is 6.93. The molecule has 0 fully saturated rings. The lowest BCUT2D eigenvalue weighted by molar-refractivity contribution is 0.607. The van der Waals surface area contributed by atoms with Crippen LogP contribution in [-0.4, -0.2) is 19.7 Å². The number of nitrogens with one attached hydrogen (secondary N) is 1. The summed E-state index contributed by atoms with van der Waals surface area (Å²) in [7, 11) is -3.29. The zero-order valence-electron chi connectivity index (χ0n) is 9.29. The van der Waals surface area contributed by atoms with Gasteiger partial charge in [0.15, 0.2) is 0 Å². The van der Waals surface area contributed by atoms with Gasteiger partial charge in [0, 0.05) is 11.8 Å². The lowest BCUT2D eigenvalue weighted by atomic mass is 10.1. The van der Waals surface area contributed by atoms with Crippen LogP contribution in [0.15, 0.2) is 48.7 Å². The predicted molar refractivity (Wildman–Crippen MR) is 68.1 cm³/mol. The Bertz CT molecular complexity index is 609. The molecule has 0 saturated carbocycles. The molecule has 0 unspecified atom stereocenters. The molecular weight excluding hydrogens is 236 g/mol. The first-order valence-electron chi connectivity index (χ1n) is 5.04. The van der Waals surface area contributed by atoms with Crippen LogP contribution in [0.2, 0.25) is 0 Å². The lowest BCUT2D eigenvalue weighted by Gasteiger charge is -2.09. The largest absolute Gasteiger partial charge is 0.283 e. The van der Waals surface area contributed by atoms with E-state index in [1.54, 1.807) is 18.3 Å². The third-order valence-electron chi connectivity index (χ3n) is 2.16. The highest BCUT2D eigenvalue weighted by atomic mass is 32.2. The molecule has 0 bridgehead atoms. The third kappa shape index (κ3) is 3.04. The van der Waals surface area contributed by atoms with E-state index in [1.807, 2.05) is 30.3 Å². The Morgan fingerprint density at radius 3 is 2.41 bits per heavy atom. The van der Waals surface area contributed by atoms with Gasteiger partial charge in [0.1, 0.15) is 0 Å². The summed E-state index contributed by atoms with van der Waals surface area (Å²) in [6.45, 7) is 0. The third-order valence-corrected chi connectivity index (χ3v) is 2.75. The highest BCUT2D eigenvalue weighted by Gasteiger charge is 2.08. The Hall–Kier alpha value is -1.88. The van der Waals surface area contributed by atoms with Gasteiger partial charge >= 0.3 is 0 Å². The van der Waals surface area contributed by atoms with Gasteiger partial charge in [-0.3, -0.25) is 9.71 Å². The van der Waals surface area contributed by atoms with Crippen molar-refractivity contribution in [3.8, 4) is 11.3 Å². The molecule has 1 heterocycles. The van der Waals surface area contributed by atoms with Gasteiger partial charge in [0.25, 0.3) is 0 Å². The Morgan fingerprint density at radius 2 is 1.76 bits per heavy atom. The smallest absolute Gasteiger partial charge is 0.229 e. The molecular formula is C12H12N2O2S. The number of rotatable bonds is 3. The molecule has 5 heteroatoms. The van der Waals surface area contributed by atoms with Crippen LogP contribution < -0.4 is 4.72 Å². The summed E-state index contributed by atoms with van der Waals surface area (Å²) < 4.78 is 25.0. The van der Waals surface area contributed by atoms with E-state index in [9.17, 15) is 8.42 Å². The summed E-state index contributed by atoms with van der Waals surface area (Å²) in [5, 5.41) is 0. The fraction of sp³-hybridized carbons (Fsp3) is 0.0833. The maximum atomic E-state index is 11.3. The predicted octanol–water partition coefficient (Wildman–Crippen LogP) is 2.12. The van der Waals surface area contributed by atoms with Crippen LogP contribution in [0.3, 0.4) is 0 Å². The number of benzene rings is 1. The zero-order valence-corrected chi connectivity index (χ0v) is 10.1. The summed E-state index contributed by atoms with van der Waals surface area (Å²) in [4.78, 5) is 4.20. The van der Waals surface area contributed by atoms with E-state index in [1.165, 1.54) is 0 Å².